The highest BCUT2D eigenvalue weighted by atomic mass is 16.2. The SMILES string of the molecule is C[C@H]1CN(C(=O)C[C@@H]2CCC(=O)N2)Cc2nnc(-c3ccccc3)n21. The summed E-state index contributed by atoms with van der Waals surface area (Å²) in [6.45, 7) is 3.17. The van der Waals surface area contributed by atoms with E-state index in [0.29, 0.717) is 25.9 Å². The van der Waals surface area contributed by atoms with E-state index in [9.17, 15) is 9.59 Å². The molecule has 1 saturated heterocycles. The van der Waals surface area contributed by atoms with Crippen LogP contribution in [-0.2, 0) is 16.1 Å². The lowest BCUT2D eigenvalue weighted by Gasteiger charge is -2.33. The Morgan fingerprint density at radius 1 is 1.28 bits per heavy atom. The van der Waals surface area contributed by atoms with Gasteiger partial charge in [0.1, 0.15) is 0 Å². The van der Waals surface area contributed by atoms with Crippen molar-refractivity contribution in [2.24, 2.45) is 0 Å². The first-order valence-corrected chi connectivity index (χ1v) is 8.68. The number of fused-ring (bicyclic) bond motifs is 1. The summed E-state index contributed by atoms with van der Waals surface area (Å²) in [5, 5.41) is 11.5. The lowest BCUT2D eigenvalue weighted by atomic mass is 10.1. The van der Waals surface area contributed by atoms with Crippen molar-refractivity contribution < 1.29 is 9.59 Å². The molecule has 1 N–H and O–H groups in total. The number of hydrogen-bond acceptors (Lipinski definition) is 4. The topological polar surface area (TPSA) is 80.1 Å². The van der Waals surface area contributed by atoms with Gasteiger partial charge >= 0.3 is 0 Å². The number of nitrogens with zero attached hydrogens (tertiary/aromatic N) is 4. The molecule has 1 aromatic carbocycles. The standard InChI is InChI=1S/C18H21N5O2/c1-12-10-22(17(25)9-14-7-8-16(24)19-14)11-15-20-21-18(23(12)15)13-5-3-2-4-6-13/h2-6,12,14H,7-11H2,1H3,(H,19,24)/t12-,14-/m0/s1. The molecule has 7 nitrogen and oxygen atoms in total. The smallest absolute Gasteiger partial charge is 0.225 e. The number of carbonyl (C=O) groups is 2. The van der Waals surface area contributed by atoms with Crippen LogP contribution in [0, 0.1) is 0 Å². The lowest BCUT2D eigenvalue weighted by Crippen LogP contribution is -2.42. The number of benzene rings is 1. The Morgan fingerprint density at radius 2 is 2.08 bits per heavy atom. The zero-order valence-electron chi connectivity index (χ0n) is 14.2. The van der Waals surface area contributed by atoms with Crippen LogP contribution in [0.5, 0.6) is 0 Å². The molecule has 0 bridgehead atoms. The molecule has 1 fully saturated rings. The van der Waals surface area contributed by atoms with Crippen molar-refractivity contribution in [3.05, 3.63) is 36.2 Å². The molecule has 0 radical (unpaired) electrons. The molecule has 2 aliphatic heterocycles. The van der Waals surface area contributed by atoms with Crippen LogP contribution in [0.25, 0.3) is 11.4 Å². The largest absolute Gasteiger partial charge is 0.353 e. The van der Waals surface area contributed by atoms with Crippen molar-refractivity contribution in [1.29, 1.82) is 0 Å². The van der Waals surface area contributed by atoms with E-state index in [0.717, 1.165) is 23.6 Å². The second-order valence-electron chi connectivity index (χ2n) is 6.81. The summed E-state index contributed by atoms with van der Waals surface area (Å²) in [5.41, 5.74) is 1.03. The van der Waals surface area contributed by atoms with E-state index >= 15 is 0 Å². The highest BCUT2D eigenvalue weighted by Crippen LogP contribution is 2.28. The monoisotopic (exact) mass is 339 g/mol. The van der Waals surface area contributed by atoms with E-state index in [4.69, 9.17) is 0 Å². The van der Waals surface area contributed by atoms with Gasteiger partial charge in [-0.05, 0) is 13.3 Å². The molecule has 4 rings (SSSR count). The van der Waals surface area contributed by atoms with Crippen LogP contribution in [-0.4, -0.2) is 44.1 Å². The molecule has 0 spiro atoms. The Morgan fingerprint density at radius 3 is 2.80 bits per heavy atom. The molecule has 25 heavy (non-hydrogen) atoms. The van der Waals surface area contributed by atoms with Crippen molar-refractivity contribution in [3.8, 4) is 11.4 Å². The number of nitrogens with one attached hydrogen (secondary N) is 1. The van der Waals surface area contributed by atoms with Gasteiger partial charge in [-0.25, -0.2) is 0 Å². The molecule has 7 heteroatoms. The Bertz CT molecular complexity index is 801. The van der Waals surface area contributed by atoms with Gasteiger partial charge in [0.05, 0.1) is 12.6 Å². The predicted molar refractivity (Wildman–Crippen MR) is 91.4 cm³/mol. The minimum Gasteiger partial charge on any atom is -0.353 e. The molecule has 0 saturated carbocycles. The summed E-state index contributed by atoms with van der Waals surface area (Å²) in [6, 6.07) is 10.1. The average Bonchev–Trinajstić information content (AvgIpc) is 3.22. The van der Waals surface area contributed by atoms with Crippen LogP contribution >= 0.6 is 0 Å². The number of amides is 2. The summed E-state index contributed by atoms with van der Waals surface area (Å²) >= 11 is 0. The molecule has 2 amide bonds. The summed E-state index contributed by atoms with van der Waals surface area (Å²) in [6.07, 6.45) is 1.61. The first kappa shape index (κ1) is 15.8. The van der Waals surface area contributed by atoms with Gasteiger partial charge in [0.15, 0.2) is 11.6 Å². The lowest BCUT2D eigenvalue weighted by molar-refractivity contribution is -0.133. The summed E-state index contributed by atoms with van der Waals surface area (Å²) < 4.78 is 2.12. The Balaban J connectivity index is 1.51. The summed E-state index contributed by atoms with van der Waals surface area (Å²) in [7, 11) is 0. The molecule has 2 aliphatic rings. The quantitative estimate of drug-likeness (QED) is 0.919. The minimum absolute atomic E-state index is 0.0324. The third-order valence-electron chi connectivity index (χ3n) is 4.91. The fourth-order valence-electron chi connectivity index (χ4n) is 3.67. The fraction of sp³-hybridized carbons (Fsp3) is 0.444. The van der Waals surface area contributed by atoms with E-state index in [2.05, 4.69) is 27.0 Å². The van der Waals surface area contributed by atoms with Gasteiger partial charge < -0.3 is 14.8 Å². The van der Waals surface area contributed by atoms with Crippen molar-refractivity contribution >= 4 is 11.8 Å². The highest BCUT2D eigenvalue weighted by Gasteiger charge is 2.31. The first-order chi connectivity index (χ1) is 12.1. The molecule has 130 valence electrons. The van der Waals surface area contributed by atoms with Gasteiger partial charge in [-0.1, -0.05) is 30.3 Å². The van der Waals surface area contributed by atoms with E-state index in [-0.39, 0.29) is 23.9 Å². The Labute approximate surface area is 146 Å². The van der Waals surface area contributed by atoms with E-state index in [1.165, 1.54) is 0 Å². The number of hydrogen-bond donors (Lipinski definition) is 1. The van der Waals surface area contributed by atoms with Gasteiger partial charge in [-0.3, -0.25) is 9.59 Å². The zero-order chi connectivity index (χ0) is 17.4. The molecular weight excluding hydrogens is 318 g/mol. The second-order valence-corrected chi connectivity index (χ2v) is 6.81. The van der Waals surface area contributed by atoms with Gasteiger partial charge in [0.25, 0.3) is 0 Å². The van der Waals surface area contributed by atoms with Gasteiger partial charge in [-0.15, -0.1) is 10.2 Å². The molecule has 3 heterocycles. The van der Waals surface area contributed by atoms with Crippen LogP contribution in [0.3, 0.4) is 0 Å². The van der Waals surface area contributed by atoms with E-state index in [1.807, 2.05) is 35.2 Å². The molecule has 1 aromatic heterocycles. The molecule has 2 atom stereocenters. The van der Waals surface area contributed by atoms with Crippen molar-refractivity contribution in [3.63, 3.8) is 0 Å². The van der Waals surface area contributed by atoms with E-state index < -0.39 is 0 Å². The van der Waals surface area contributed by atoms with E-state index in [1.54, 1.807) is 0 Å². The molecular formula is C18H21N5O2. The maximum absolute atomic E-state index is 12.6. The first-order valence-electron chi connectivity index (χ1n) is 8.68. The normalized spacial score (nSPS) is 22.6. The number of aromatic nitrogens is 3. The third kappa shape index (κ3) is 3.01. The van der Waals surface area contributed by atoms with Crippen LogP contribution in [0.2, 0.25) is 0 Å². The van der Waals surface area contributed by atoms with Crippen LogP contribution in [0.15, 0.2) is 30.3 Å². The van der Waals surface area contributed by atoms with Crippen LogP contribution < -0.4 is 5.32 Å². The van der Waals surface area contributed by atoms with Crippen molar-refractivity contribution in [2.75, 3.05) is 6.54 Å². The van der Waals surface area contributed by atoms with Gasteiger partial charge in [0.2, 0.25) is 11.8 Å². The van der Waals surface area contributed by atoms with Gasteiger partial charge in [-0.2, -0.15) is 0 Å². The van der Waals surface area contributed by atoms with Crippen molar-refractivity contribution in [2.45, 2.75) is 44.8 Å². The van der Waals surface area contributed by atoms with Crippen molar-refractivity contribution in [1.82, 2.24) is 25.0 Å². The third-order valence-corrected chi connectivity index (χ3v) is 4.91. The average molecular weight is 339 g/mol. The fourth-order valence-corrected chi connectivity index (χ4v) is 3.67. The maximum atomic E-state index is 12.6. The number of carbonyl (C=O) groups excluding carboxylic acids is 2. The predicted octanol–water partition coefficient (Wildman–Crippen LogP) is 1.52. The summed E-state index contributed by atoms with van der Waals surface area (Å²) in [5.74, 6) is 1.76. The number of rotatable bonds is 3. The van der Waals surface area contributed by atoms with Crippen LogP contribution in [0.1, 0.15) is 38.1 Å². The summed E-state index contributed by atoms with van der Waals surface area (Å²) in [4.78, 5) is 25.7. The van der Waals surface area contributed by atoms with Gasteiger partial charge in [0, 0.05) is 31.0 Å². The Kier molecular flexibility index (Phi) is 3.99. The maximum Gasteiger partial charge on any atom is 0.225 e. The molecule has 0 unspecified atom stereocenters. The highest BCUT2D eigenvalue weighted by molar-refractivity contribution is 5.82. The second kappa shape index (κ2) is 6.31. The van der Waals surface area contributed by atoms with Crippen LogP contribution in [0.4, 0.5) is 0 Å². The minimum atomic E-state index is -0.0324. The molecule has 2 aromatic rings. The zero-order valence-corrected chi connectivity index (χ0v) is 14.2. The Hall–Kier alpha value is -2.70. The molecule has 0 aliphatic carbocycles.